The Morgan fingerprint density at radius 2 is 1.69 bits per heavy atom. The van der Waals surface area contributed by atoms with E-state index in [1.54, 1.807) is 6.92 Å². The van der Waals surface area contributed by atoms with Crippen molar-refractivity contribution in [3.63, 3.8) is 0 Å². The molecule has 29 heavy (non-hydrogen) atoms. The Labute approximate surface area is 172 Å². The summed E-state index contributed by atoms with van der Waals surface area (Å²) in [5, 5.41) is 0. The summed E-state index contributed by atoms with van der Waals surface area (Å²) in [4.78, 5) is 24.4. The lowest BCUT2D eigenvalue weighted by atomic mass is 9.70. The number of fused-ring (bicyclic) bond motifs is 3. The summed E-state index contributed by atoms with van der Waals surface area (Å²) in [6.07, 6.45) is 1.46. The maximum atomic E-state index is 12.3. The third-order valence-corrected chi connectivity index (χ3v) is 7.19. The van der Waals surface area contributed by atoms with E-state index < -0.39 is 42.6 Å². The quantitative estimate of drug-likeness (QED) is 0.659. The highest BCUT2D eigenvalue weighted by atomic mass is 16.8. The molecule has 0 aromatic rings. The molecule has 7 heteroatoms. The fourth-order valence-electron chi connectivity index (χ4n) is 4.94. The molecule has 0 aromatic carbocycles. The lowest BCUT2D eigenvalue weighted by Gasteiger charge is -2.38. The third kappa shape index (κ3) is 3.93. The van der Waals surface area contributed by atoms with Crippen molar-refractivity contribution in [2.45, 2.75) is 104 Å². The molecule has 1 aliphatic carbocycles. The van der Waals surface area contributed by atoms with Gasteiger partial charge >= 0.3 is 11.9 Å². The van der Waals surface area contributed by atoms with Gasteiger partial charge in [0, 0.05) is 5.92 Å². The predicted octanol–water partition coefficient (Wildman–Crippen LogP) is 3.19. The minimum absolute atomic E-state index is 0.275. The predicted molar refractivity (Wildman–Crippen MR) is 103 cm³/mol. The summed E-state index contributed by atoms with van der Waals surface area (Å²) in [5.74, 6) is -0.198. The number of ether oxygens (including phenoxy) is 5. The number of carbonyl (C=O) groups is 2. The topological polar surface area (TPSA) is 80.3 Å². The van der Waals surface area contributed by atoms with Crippen LogP contribution in [0.25, 0.3) is 0 Å². The Morgan fingerprint density at radius 1 is 1.03 bits per heavy atom. The van der Waals surface area contributed by atoms with E-state index in [9.17, 15) is 9.59 Å². The van der Waals surface area contributed by atoms with Crippen LogP contribution in [0.5, 0.6) is 0 Å². The molecule has 7 nitrogen and oxygen atoms in total. The lowest BCUT2D eigenvalue weighted by molar-refractivity contribution is -0.197. The normalized spacial score (nSPS) is 42.9. The number of esters is 2. The summed E-state index contributed by atoms with van der Waals surface area (Å²) in [7, 11) is 0. The molecule has 0 spiro atoms. The molecule has 2 unspecified atom stereocenters. The Kier molecular flexibility index (Phi) is 5.68. The first-order valence-corrected chi connectivity index (χ1v) is 11.1. The monoisotopic (exact) mass is 410 g/mol. The van der Waals surface area contributed by atoms with Gasteiger partial charge in [-0.1, -0.05) is 34.6 Å². The van der Waals surface area contributed by atoms with E-state index >= 15 is 0 Å². The van der Waals surface area contributed by atoms with E-state index in [0.717, 1.165) is 18.8 Å². The van der Waals surface area contributed by atoms with Crippen molar-refractivity contribution in [2.75, 3.05) is 0 Å². The maximum Gasteiger partial charge on any atom is 0.350 e. The van der Waals surface area contributed by atoms with E-state index in [1.807, 2.05) is 6.92 Å². The largest absolute Gasteiger partial charge is 0.454 e. The summed E-state index contributed by atoms with van der Waals surface area (Å²) < 4.78 is 29.0. The number of hydrogen-bond donors (Lipinski definition) is 0. The van der Waals surface area contributed by atoms with Gasteiger partial charge in [-0.05, 0) is 43.4 Å². The second-order valence-corrected chi connectivity index (χ2v) is 10.1. The van der Waals surface area contributed by atoms with Crippen LogP contribution in [-0.4, -0.2) is 48.9 Å². The molecule has 1 saturated carbocycles. The summed E-state index contributed by atoms with van der Waals surface area (Å²) in [6.45, 7) is 10.6. The Hall–Kier alpha value is -1.18. The van der Waals surface area contributed by atoms with Gasteiger partial charge in [-0.15, -0.1) is 0 Å². The number of carbonyl (C=O) groups excluding carboxylic acids is 2. The van der Waals surface area contributed by atoms with Gasteiger partial charge in [0.1, 0.15) is 6.10 Å². The van der Waals surface area contributed by atoms with E-state index in [-0.39, 0.29) is 12.2 Å². The van der Waals surface area contributed by atoms with Crippen LogP contribution in [0.4, 0.5) is 0 Å². The standard InChI is InChI=1S/C22H34O7/c1-6-11(2)18(23)26-16-14-15(25-19(16)24)17-21(27-14)29-20(28-17)12-7-9-13(10-8-12)22(3,4)5/h11-17,20-21H,6-10H2,1-5H3/t11?,12?,13?,14-,15-,16-,17+,20?,21+/m0/s1. The van der Waals surface area contributed by atoms with Gasteiger partial charge in [-0.3, -0.25) is 4.79 Å². The molecule has 0 aromatic heterocycles. The molecule has 0 N–H and O–H groups in total. The van der Waals surface area contributed by atoms with E-state index in [1.165, 1.54) is 12.8 Å². The minimum atomic E-state index is -1.04. The van der Waals surface area contributed by atoms with Crippen LogP contribution in [0.15, 0.2) is 0 Å². The van der Waals surface area contributed by atoms with Crippen LogP contribution in [-0.2, 0) is 33.3 Å². The van der Waals surface area contributed by atoms with E-state index in [4.69, 9.17) is 23.7 Å². The number of rotatable bonds is 4. The first-order valence-electron chi connectivity index (χ1n) is 11.1. The molecular formula is C22H34O7. The van der Waals surface area contributed by atoms with Crippen LogP contribution in [0.3, 0.4) is 0 Å². The third-order valence-electron chi connectivity index (χ3n) is 7.19. The van der Waals surface area contributed by atoms with Gasteiger partial charge in [-0.2, -0.15) is 0 Å². The molecule has 0 radical (unpaired) electrons. The van der Waals surface area contributed by atoms with Crippen LogP contribution in [0.1, 0.15) is 66.7 Å². The zero-order valence-corrected chi connectivity index (χ0v) is 18.1. The van der Waals surface area contributed by atoms with Crippen LogP contribution in [0.2, 0.25) is 0 Å². The highest BCUT2D eigenvalue weighted by Crippen LogP contribution is 2.46. The van der Waals surface area contributed by atoms with Gasteiger partial charge in [-0.25, -0.2) is 4.79 Å². The van der Waals surface area contributed by atoms with E-state index in [2.05, 4.69) is 20.8 Å². The smallest absolute Gasteiger partial charge is 0.350 e. The van der Waals surface area contributed by atoms with Gasteiger partial charge in [0.25, 0.3) is 0 Å². The van der Waals surface area contributed by atoms with Gasteiger partial charge in [0.2, 0.25) is 6.10 Å². The Morgan fingerprint density at radius 3 is 2.31 bits per heavy atom. The maximum absolute atomic E-state index is 12.3. The zero-order valence-electron chi connectivity index (χ0n) is 18.1. The summed E-state index contributed by atoms with van der Waals surface area (Å²) in [5.41, 5.74) is 0.328. The fraction of sp³-hybridized carbons (Fsp3) is 0.909. The molecular weight excluding hydrogens is 376 g/mol. The summed E-state index contributed by atoms with van der Waals surface area (Å²) >= 11 is 0. The molecule has 0 amide bonds. The first-order chi connectivity index (χ1) is 13.7. The molecule has 164 valence electrons. The Bertz CT molecular complexity index is 634. The fourth-order valence-corrected chi connectivity index (χ4v) is 4.94. The van der Waals surface area contributed by atoms with Crippen LogP contribution < -0.4 is 0 Å². The zero-order chi connectivity index (χ0) is 20.9. The van der Waals surface area contributed by atoms with Gasteiger partial charge in [0.05, 0.1) is 5.92 Å². The van der Waals surface area contributed by atoms with Crippen molar-refractivity contribution in [2.24, 2.45) is 23.2 Å². The molecule has 7 atom stereocenters. The van der Waals surface area contributed by atoms with Crippen molar-refractivity contribution in [3.05, 3.63) is 0 Å². The average molecular weight is 411 g/mol. The minimum Gasteiger partial charge on any atom is -0.454 e. The second kappa shape index (κ2) is 7.82. The molecule has 4 aliphatic rings. The van der Waals surface area contributed by atoms with Crippen molar-refractivity contribution in [1.82, 2.24) is 0 Å². The van der Waals surface area contributed by atoms with Crippen molar-refractivity contribution in [1.29, 1.82) is 0 Å². The van der Waals surface area contributed by atoms with Gasteiger partial charge in [0.15, 0.2) is 24.8 Å². The first kappa shape index (κ1) is 21.1. The summed E-state index contributed by atoms with van der Waals surface area (Å²) in [6, 6.07) is 0. The molecule has 3 heterocycles. The van der Waals surface area contributed by atoms with Crippen LogP contribution >= 0.6 is 0 Å². The second-order valence-electron chi connectivity index (χ2n) is 10.1. The number of hydrogen-bond acceptors (Lipinski definition) is 7. The highest BCUT2D eigenvalue weighted by Gasteiger charge is 2.63. The lowest BCUT2D eigenvalue weighted by Crippen LogP contribution is -2.38. The SMILES string of the molecule is CCC(C)C(=O)O[C@@H]1C(=O)O[C@@H]2[C@H]3OC(C4CCC(C(C)(C)C)CC4)O[C@H]3O[C@@H]21. The molecule has 3 saturated heterocycles. The van der Waals surface area contributed by atoms with Crippen molar-refractivity contribution < 1.29 is 33.3 Å². The van der Waals surface area contributed by atoms with Crippen molar-refractivity contribution in [3.8, 4) is 0 Å². The van der Waals surface area contributed by atoms with E-state index in [0.29, 0.717) is 17.8 Å². The molecule has 3 aliphatic heterocycles. The average Bonchev–Trinajstić information content (AvgIpc) is 3.31. The van der Waals surface area contributed by atoms with Crippen molar-refractivity contribution >= 4 is 11.9 Å². The molecule has 0 bridgehead atoms. The van der Waals surface area contributed by atoms with Gasteiger partial charge < -0.3 is 23.7 Å². The Balaban J connectivity index is 1.33. The van der Waals surface area contributed by atoms with Crippen LogP contribution in [0, 0.1) is 23.2 Å². The molecule has 4 fully saturated rings. The molecule has 4 rings (SSSR count). The highest BCUT2D eigenvalue weighted by molar-refractivity contribution is 5.82.